The molecule has 20 heavy (non-hydrogen) atoms. The van der Waals surface area contributed by atoms with Crippen molar-refractivity contribution in [2.24, 2.45) is 0 Å². The largest absolute Gasteiger partial charge is 0.361 e. The first-order valence-electron chi connectivity index (χ1n) is 6.02. The van der Waals surface area contributed by atoms with E-state index in [1.165, 1.54) is 0 Å². The Morgan fingerprint density at radius 3 is 2.35 bits per heavy atom. The van der Waals surface area contributed by atoms with E-state index in [1.54, 1.807) is 38.1 Å². The Balaban J connectivity index is 2.17. The van der Waals surface area contributed by atoms with Crippen LogP contribution in [-0.2, 0) is 21.3 Å². The lowest BCUT2D eigenvalue weighted by Crippen LogP contribution is -2.08. The van der Waals surface area contributed by atoms with E-state index in [2.05, 4.69) is 5.16 Å². The number of nitrogens with zero attached hydrogens (tertiary/aromatic N) is 2. The molecule has 6 heteroatoms. The molecule has 0 saturated heterocycles. The molecule has 2 rings (SSSR count). The molecular weight excluding hydrogens is 276 g/mol. The maximum atomic E-state index is 12.2. The van der Waals surface area contributed by atoms with Crippen molar-refractivity contribution in [2.45, 2.75) is 25.4 Å². The van der Waals surface area contributed by atoms with Crippen LogP contribution >= 0.6 is 0 Å². The topological polar surface area (TPSA) is 84.0 Å². The Bertz CT molecular complexity index is 733. The highest BCUT2D eigenvalue weighted by atomic mass is 32.2. The van der Waals surface area contributed by atoms with Gasteiger partial charge in [-0.05, 0) is 31.5 Å². The Labute approximate surface area is 117 Å². The van der Waals surface area contributed by atoms with Gasteiger partial charge in [0.25, 0.3) is 0 Å². The average Bonchev–Trinajstić information content (AvgIpc) is 2.70. The molecule has 0 saturated carbocycles. The van der Waals surface area contributed by atoms with E-state index in [9.17, 15) is 8.42 Å². The minimum Gasteiger partial charge on any atom is -0.361 e. The van der Waals surface area contributed by atoms with Gasteiger partial charge in [0.15, 0.2) is 9.84 Å². The highest BCUT2D eigenvalue weighted by molar-refractivity contribution is 7.89. The van der Waals surface area contributed by atoms with Gasteiger partial charge in [-0.25, -0.2) is 8.42 Å². The van der Waals surface area contributed by atoms with Gasteiger partial charge in [0.2, 0.25) is 0 Å². The van der Waals surface area contributed by atoms with Gasteiger partial charge in [-0.1, -0.05) is 17.3 Å². The summed E-state index contributed by atoms with van der Waals surface area (Å²) in [5.41, 5.74) is 2.40. The fraction of sp³-hybridized carbons (Fsp3) is 0.286. The predicted molar refractivity (Wildman–Crippen MR) is 73.5 cm³/mol. The summed E-state index contributed by atoms with van der Waals surface area (Å²) in [5.74, 6) is 0.377. The zero-order chi connectivity index (χ0) is 14.8. The van der Waals surface area contributed by atoms with Crippen molar-refractivity contribution in [1.29, 1.82) is 5.26 Å². The summed E-state index contributed by atoms with van der Waals surface area (Å²) in [6.45, 7) is 3.43. The molecule has 5 nitrogen and oxygen atoms in total. The molecule has 0 atom stereocenters. The van der Waals surface area contributed by atoms with Crippen LogP contribution < -0.4 is 0 Å². The van der Waals surface area contributed by atoms with Crippen molar-refractivity contribution in [3.8, 4) is 6.07 Å². The Morgan fingerprint density at radius 2 is 1.85 bits per heavy atom. The fourth-order valence-electron chi connectivity index (χ4n) is 1.91. The van der Waals surface area contributed by atoms with Gasteiger partial charge in [0, 0.05) is 5.56 Å². The van der Waals surface area contributed by atoms with E-state index in [-0.39, 0.29) is 11.5 Å². The molecule has 0 unspecified atom stereocenters. The molecule has 1 aromatic carbocycles. The number of sulfone groups is 1. The van der Waals surface area contributed by atoms with Gasteiger partial charge in [0.05, 0.1) is 28.8 Å². The maximum absolute atomic E-state index is 12.2. The third-order valence-corrected chi connectivity index (χ3v) is 4.52. The molecule has 0 fully saturated rings. The lowest BCUT2D eigenvalue weighted by atomic mass is 10.2. The molecule has 0 amide bonds. The summed E-state index contributed by atoms with van der Waals surface area (Å²) in [5, 5.41) is 12.5. The highest BCUT2D eigenvalue weighted by Crippen LogP contribution is 2.18. The smallest absolute Gasteiger partial charge is 0.158 e. The summed E-state index contributed by atoms with van der Waals surface area (Å²) >= 11 is 0. The van der Waals surface area contributed by atoms with Gasteiger partial charge in [-0.3, -0.25) is 0 Å². The van der Waals surface area contributed by atoms with Gasteiger partial charge in [0.1, 0.15) is 5.76 Å². The first-order valence-corrected chi connectivity index (χ1v) is 7.84. The van der Waals surface area contributed by atoms with Crippen LogP contribution in [-0.4, -0.2) is 13.6 Å². The summed E-state index contributed by atoms with van der Waals surface area (Å²) < 4.78 is 29.4. The van der Waals surface area contributed by atoms with Crippen LogP contribution in [0.15, 0.2) is 28.8 Å². The highest BCUT2D eigenvalue weighted by Gasteiger charge is 2.19. The summed E-state index contributed by atoms with van der Waals surface area (Å²) in [4.78, 5) is 0. The Hall–Kier alpha value is -2.13. The molecule has 0 aliphatic heterocycles. The molecule has 0 aliphatic rings. The van der Waals surface area contributed by atoms with Crippen molar-refractivity contribution < 1.29 is 12.9 Å². The second-order valence-electron chi connectivity index (χ2n) is 4.64. The number of aromatic nitrogens is 1. The summed E-state index contributed by atoms with van der Waals surface area (Å²) in [6, 6.07) is 8.53. The normalized spacial score (nSPS) is 11.2. The summed E-state index contributed by atoms with van der Waals surface area (Å²) in [6.07, 6.45) is 0. The predicted octanol–water partition coefficient (Wildman–Crippen LogP) is 2.28. The number of aryl methyl sites for hydroxylation is 2. The van der Waals surface area contributed by atoms with E-state index in [0.717, 1.165) is 0 Å². The van der Waals surface area contributed by atoms with Gasteiger partial charge in [-0.15, -0.1) is 0 Å². The van der Waals surface area contributed by atoms with E-state index >= 15 is 0 Å². The zero-order valence-corrected chi connectivity index (χ0v) is 12.1. The second-order valence-corrected chi connectivity index (χ2v) is 6.71. The molecule has 0 spiro atoms. The van der Waals surface area contributed by atoms with Crippen LogP contribution in [0.5, 0.6) is 0 Å². The number of rotatable bonds is 4. The summed E-state index contributed by atoms with van der Waals surface area (Å²) in [7, 11) is -3.31. The first kappa shape index (κ1) is 14.3. The number of hydrogen-bond donors (Lipinski definition) is 0. The fourth-order valence-corrected chi connectivity index (χ4v) is 3.56. The second kappa shape index (κ2) is 5.47. The lowest BCUT2D eigenvalue weighted by Gasteiger charge is -2.04. The third-order valence-electron chi connectivity index (χ3n) is 3.02. The van der Waals surface area contributed by atoms with Gasteiger partial charge >= 0.3 is 0 Å². The van der Waals surface area contributed by atoms with Crippen LogP contribution in [0.2, 0.25) is 0 Å². The molecule has 0 N–H and O–H groups in total. The lowest BCUT2D eigenvalue weighted by molar-refractivity contribution is 0.392. The van der Waals surface area contributed by atoms with Gasteiger partial charge < -0.3 is 4.52 Å². The molecule has 104 valence electrons. The van der Waals surface area contributed by atoms with Crippen molar-refractivity contribution in [1.82, 2.24) is 5.16 Å². The molecule has 0 bridgehead atoms. The van der Waals surface area contributed by atoms with Crippen molar-refractivity contribution in [3.05, 3.63) is 52.4 Å². The van der Waals surface area contributed by atoms with Crippen LogP contribution in [0.4, 0.5) is 0 Å². The maximum Gasteiger partial charge on any atom is 0.158 e. The van der Waals surface area contributed by atoms with Crippen molar-refractivity contribution in [2.75, 3.05) is 0 Å². The quantitative estimate of drug-likeness (QED) is 0.862. The zero-order valence-electron chi connectivity index (χ0n) is 11.3. The van der Waals surface area contributed by atoms with E-state index in [4.69, 9.17) is 9.78 Å². The molecule has 2 aromatic rings. The average molecular weight is 290 g/mol. The SMILES string of the molecule is Cc1noc(C)c1CS(=O)(=O)Cc1ccc(C#N)cc1. The van der Waals surface area contributed by atoms with E-state index < -0.39 is 9.84 Å². The Morgan fingerprint density at radius 1 is 1.20 bits per heavy atom. The number of benzene rings is 1. The standard InChI is InChI=1S/C14H14N2O3S/c1-10-14(11(2)19-16-10)9-20(17,18)8-13-5-3-12(7-15)4-6-13/h3-6H,8-9H2,1-2H3. The van der Waals surface area contributed by atoms with Crippen LogP contribution in [0.1, 0.15) is 28.1 Å². The van der Waals surface area contributed by atoms with Crippen LogP contribution in [0.3, 0.4) is 0 Å². The Kier molecular flexibility index (Phi) is 3.91. The van der Waals surface area contributed by atoms with Crippen LogP contribution in [0, 0.1) is 25.2 Å². The molecule has 0 radical (unpaired) electrons. The van der Waals surface area contributed by atoms with Gasteiger partial charge in [-0.2, -0.15) is 5.26 Å². The minimum absolute atomic E-state index is 0.0667. The number of hydrogen-bond acceptors (Lipinski definition) is 5. The van der Waals surface area contributed by atoms with Crippen LogP contribution in [0.25, 0.3) is 0 Å². The van der Waals surface area contributed by atoms with E-state index in [1.807, 2.05) is 6.07 Å². The molecular formula is C14H14N2O3S. The third kappa shape index (κ3) is 3.25. The minimum atomic E-state index is -3.31. The molecule has 1 aromatic heterocycles. The van der Waals surface area contributed by atoms with E-state index in [0.29, 0.717) is 28.1 Å². The number of nitriles is 1. The first-order chi connectivity index (χ1) is 9.41. The molecule has 1 heterocycles. The van der Waals surface area contributed by atoms with Crippen molar-refractivity contribution >= 4 is 9.84 Å². The monoisotopic (exact) mass is 290 g/mol. The van der Waals surface area contributed by atoms with Crippen molar-refractivity contribution in [3.63, 3.8) is 0 Å². The molecule has 0 aliphatic carbocycles.